The average molecular weight is 321 g/mol. The molecule has 0 aliphatic carbocycles. The molecule has 0 spiro atoms. The van der Waals surface area contributed by atoms with E-state index in [0.717, 1.165) is 19.3 Å². The molecule has 0 rings (SSSR count). The molecular formula is C15H29BrO2. The molecule has 0 fully saturated rings. The molecule has 0 saturated carbocycles. The second-order valence-electron chi connectivity index (χ2n) is 4.94. The molecule has 0 aliphatic heterocycles. The Balaban J connectivity index is 3.54. The van der Waals surface area contributed by atoms with Crippen LogP contribution in [-0.4, -0.2) is 17.4 Å². The van der Waals surface area contributed by atoms with Crippen LogP contribution < -0.4 is 0 Å². The van der Waals surface area contributed by atoms with Gasteiger partial charge in [0.1, 0.15) is 11.4 Å². The van der Waals surface area contributed by atoms with Crippen molar-refractivity contribution in [2.75, 3.05) is 5.33 Å². The third kappa shape index (κ3) is 11.1. The number of ether oxygens (including phenoxy) is 1. The average Bonchev–Trinajstić information content (AvgIpc) is 2.37. The number of alkyl halides is 1. The molecule has 1 unspecified atom stereocenters. The van der Waals surface area contributed by atoms with Crippen LogP contribution in [0.2, 0.25) is 0 Å². The fourth-order valence-corrected chi connectivity index (χ4v) is 2.26. The lowest BCUT2D eigenvalue weighted by molar-refractivity contribution is -0.146. The van der Waals surface area contributed by atoms with E-state index >= 15 is 0 Å². The predicted molar refractivity (Wildman–Crippen MR) is 81.2 cm³/mol. The lowest BCUT2D eigenvalue weighted by Gasteiger charge is -2.16. The molecule has 0 aliphatic rings. The summed E-state index contributed by atoms with van der Waals surface area (Å²) in [6, 6.07) is 0. The molecule has 0 aromatic rings. The molecule has 2 nitrogen and oxygen atoms in total. The van der Waals surface area contributed by atoms with Gasteiger partial charge in [0.25, 0.3) is 0 Å². The summed E-state index contributed by atoms with van der Waals surface area (Å²) < 4.78 is 5.40. The fraction of sp³-hybridized carbons (Fsp3) is 0.933. The predicted octanol–water partition coefficient (Wildman–Crippen LogP) is 5.23. The molecule has 0 aromatic carbocycles. The summed E-state index contributed by atoms with van der Waals surface area (Å²) in [7, 11) is 0. The highest BCUT2D eigenvalue weighted by molar-refractivity contribution is 9.09. The summed E-state index contributed by atoms with van der Waals surface area (Å²) in [6.07, 6.45) is 12.4. The Bertz CT molecular complexity index is 195. The van der Waals surface area contributed by atoms with Crippen LogP contribution in [0.5, 0.6) is 0 Å². The molecule has 3 heteroatoms. The third-order valence-electron chi connectivity index (χ3n) is 3.15. The maximum absolute atomic E-state index is 11.2. The van der Waals surface area contributed by atoms with Crippen LogP contribution in [0.4, 0.5) is 0 Å². The second kappa shape index (κ2) is 13.4. The second-order valence-corrected chi connectivity index (χ2v) is 5.50. The number of hydrogen-bond donors (Lipinski definition) is 0. The van der Waals surface area contributed by atoms with E-state index in [0.29, 0.717) is 5.33 Å². The zero-order valence-electron chi connectivity index (χ0n) is 12.0. The maximum atomic E-state index is 11.2. The first-order chi connectivity index (χ1) is 8.74. The highest BCUT2D eigenvalue weighted by atomic mass is 79.9. The minimum atomic E-state index is -0.128. The summed E-state index contributed by atoms with van der Waals surface area (Å²) in [4.78, 5) is 11.2. The van der Waals surface area contributed by atoms with Gasteiger partial charge in [-0.15, -0.1) is 0 Å². The minimum absolute atomic E-state index is 0.128. The Hall–Kier alpha value is -0.0500. The fourth-order valence-electron chi connectivity index (χ4n) is 2.13. The van der Waals surface area contributed by atoms with E-state index in [1.807, 2.05) is 0 Å². The van der Waals surface area contributed by atoms with Crippen molar-refractivity contribution >= 4 is 21.9 Å². The van der Waals surface area contributed by atoms with Gasteiger partial charge in [-0.05, 0) is 19.3 Å². The van der Waals surface area contributed by atoms with Crippen LogP contribution >= 0.6 is 15.9 Å². The molecule has 0 bridgehead atoms. The minimum Gasteiger partial charge on any atom is -0.462 e. The summed E-state index contributed by atoms with van der Waals surface area (Å²) in [5.74, 6) is -0.128. The van der Waals surface area contributed by atoms with Gasteiger partial charge in [0, 0.05) is 0 Å². The van der Waals surface area contributed by atoms with Crippen LogP contribution in [0.1, 0.15) is 78.1 Å². The number of rotatable bonds is 12. The van der Waals surface area contributed by atoms with Gasteiger partial charge in [0.05, 0.1) is 0 Å². The summed E-state index contributed by atoms with van der Waals surface area (Å²) in [5, 5.41) is 0.310. The van der Waals surface area contributed by atoms with Gasteiger partial charge < -0.3 is 4.74 Å². The molecular weight excluding hydrogens is 292 g/mol. The first-order valence-electron chi connectivity index (χ1n) is 7.50. The zero-order valence-corrected chi connectivity index (χ0v) is 13.6. The first kappa shape index (κ1) is 17.9. The molecule has 0 saturated heterocycles. The number of carbonyl (C=O) groups excluding carboxylic acids is 1. The van der Waals surface area contributed by atoms with Crippen molar-refractivity contribution in [3.63, 3.8) is 0 Å². The van der Waals surface area contributed by atoms with Crippen molar-refractivity contribution in [2.24, 2.45) is 0 Å². The highest BCUT2D eigenvalue weighted by Crippen LogP contribution is 2.14. The number of halogens is 1. The molecule has 0 amide bonds. The molecule has 0 N–H and O–H groups in total. The van der Waals surface area contributed by atoms with Crippen LogP contribution in [0.25, 0.3) is 0 Å². The van der Waals surface area contributed by atoms with Gasteiger partial charge in [0.2, 0.25) is 0 Å². The van der Waals surface area contributed by atoms with Crippen molar-refractivity contribution < 1.29 is 9.53 Å². The summed E-state index contributed by atoms with van der Waals surface area (Å²) in [5.41, 5.74) is 0. The number of esters is 1. The van der Waals surface area contributed by atoms with Gasteiger partial charge in [0.15, 0.2) is 0 Å². The topological polar surface area (TPSA) is 26.3 Å². The molecule has 108 valence electrons. The Morgan fingerprint density at radius 3 is 2.11 bits per heavy atom. The van der Waals surface area contributed by atoms with Crippen molar-refractivity contribution in [1.82, 2.24) is 0 Å². The van der Waals surface area contributed by atoms with Crippen LogP contribution in [0, 0.1) is 0 Å². The van der Waals surface area contributed by atoms with Gasteiger partial charge in [-0.25, -0.2) is 0 Å². The SMILES string of the molecule is CCCCCCCCCC(CCC)OC(=O)CBr. The number of unbranched alkanes of at least 4 members (excludes halogenated alkanes) is 6. The molecule has 0 radical (unpaired) electrons. The van der Waals surface area contributed by atoms with Gasteiger partial charge in [-0.3, -0.25) is 4.79 Å². The Kier molecular flexibility index (Phi) is 13.3. The molecule has 18 heavy (non-hydrogen) atoms. The lowest BCUT2D eigenvalue weighted by atomic mass is 10.0. The normalized spacial score (nSPS) is 12.4. The van der Waals surface area contributed by atoms with Gasteiger partial charge >= 0.3 is 5.97 Å². The van der Waals surface area contributed by atoms with E-state index in [1.165, 1.54) is 44.9 Å². The van der Waals surface area contributed by atoms with Crippen LogP contribution in [-0.2, 0) is 9.53 Å². The first-order valence-corrected chi connectivity index (χ1v) is 8.62. The van der Waals surface area contributed by atoms with E-state index in [2.05, 4.69) is 29.8 Å². The lowest BCUT2D eigenvalue weighted by Crippen LogP contribution is -2.18. The van der Waals surface area contributed by atoms with E-state index in [-0.39, 0.29) is 12.1 Å². The number of hydrogen-bond acceptors (Lipinski definition) is 2. The number of carbonyl (C=O) groups is 1. The highest BCUT2D eigenvalue weighted by Gasteiger charge is 2.12. The van der Waals surface area contributed by atoms with Crippen molar-refractivity contribution in [1.29, 1.82) is 0 Å². The molecule has 1 atom stereocenters. The van der Waals surface area contributed by atoms with Crippen molar-refractivity contribution in [3.05, 3.63) is 0 Å². The van der Waals surface area contributed by atoms with Crippen LogP contribution in [0.3, 0.4) is 0 Å². The van der Waals surface area contributed by atoms with E-state index < -0.39 is 0 Å². The van der Waals surface area contributed by atoms with Crippen molar-refractivity contribution in [2.45, 2.75) is 84.2 Å². The van der Waals surface area contributed by atoms with Gasteiger partial charge in [-0.2, -0.15) is 0 Å². The van der Waals surface area contributed by atoms with E-state index in [1.54, 1.807) is 0 Å². The quantitative estimate of drug-likeness (QED) is 0.279. The van der Waals surface area contributed by atoms with Crippen molar-refractivity contribution in [3.8, 4) is 0 Å². The van der Waals surface area contributed by atoms with Crippen LogP contribution in [0.15, 0.2) is 0 Å². The Labute approximate surface area is 121 Å². The molecule has 0 heterocycles. The summed E-state index contributed by atoms with van der Waals surface area (Å²) in [6.45, 7) is 4.38. The zero-order chi connectivity index (χ0) is 13.6. The van der Waals surface area contributed by atoms with E-state index in [9.17, 15) is 4.79 Å². The summed E-state index contributed by atoms with van der Waals surface area (Å²) >= 11 is 3.14. The van der Waals surface area contributed by atoms with Gasteiger partial charge in [-0.1, -0.05) is 74.7 Å². The van der Waals surface area contributed by atoms with E-state index in [4.69, 9.17) is 4.74 Å². The standard InChI is InChI=1S/C15H29BrO2/c1-3-5-6-7-8-9-10-12-14(11-4-2)18-15(17)13-16/h14H,3-13H2,1-2H3. The largest absolute Gasteiger partial charge is 0.462 e. The monoisotopic (exact) mass is 320 g/mol. The Morgan fingerprint density at radius 2 is 1.56 bits per heavy atom. The molecule has 0 aromatic heterocycles. The third-order valence-corrected chi connectivity index (χ3v) is 3.61. The Morgan fingerprint density at radius 1 is 0.944 bits per heavy atom. The smallest absolute Gasteiger partial charge is 0.316 e. The maximum Gasteiger partial charge on any atom is 0.316 e.